The molecule has 1 atom stereocenters. The van der Waals surface area contributed by atoms with Crippen molar-refractivity contribution in [1.29, 1.82) is 5.26 Å². The number of ether oxygens (including phenoxy) is 1. The van der Waals surface area contributed by atoms with Gasteiger partial charge in [0.1, 0.15) is 5.75 Å². The molecule has 2 aromatic rings. The molecule has 0 aromatic heterocycles. The van der Waals surface area contributed by atoms with Gasteiger partial charge in [-0.25, -0.2) is 0 Å². The first-order valence-electron chi connectivity index (χ1n) is 7.35. The van der Waals surface area contributed by atoms with E-state index in [0.29, 0.717) is 13.0 Å². The standard InChI is InChI=1S/C18H18N2O3/c1-13-3-4-14(2)18(11-13)23-10-9-16(12-19)15-5-7-17(8-6-15)20(21)22/h3-8,11,16H,9-10H2,1-2H3. The molecule has 5 heteroatoms. The van der Waals surface area contributed by atoms with Gasteiger partial charge in [0.15, 0.2) is 0 Å². The molecule has 5 nitrogen and oxygen atoms in total. The highest BCUT2D eigenvalue weighted by atomic mass is 16.6. The zero-order valence-electron chi connectivity index (χ0n) is 13.2. The van der Waals surface area contributed by atoms with E-state index < -0.39 is 4.92 Å². The summed E-state index contributed by atoms with van der Waals surface area (Å²) in [6.45, 7) is 4.40. The van der Waals surface area contributed by atoms with Crippen LogP contribution in [0.1, 0.15) is 29.0 Å². The van der Waals surface area contributed by atoms with Crippen molar-refractivity contribution in [2.24, 2.45) is 0 Å². The van der Waals surface area contributed by atoms with E-state index in [1.807, 2.05) is 32.0 Å². The SMILES string of the molecule is Cc1ccc(C)c(OCCC(C#N)c2ccc([N+](=O)[O-])cc2)c1. The molecule has 0 aliphatic heterocycles. The number of hydrogen-bond acceptors (Lipinski definition) is 4. The number of nitro groups is 1. The minimum absolute atomic E-state index is 0.0251. The molecule has 0 saturated carbocycles. The summed E-state index contributed by atoms with van der Waals surface area (Å²) in [4.78, 5) is 10.2. The summed E-state index contributed by atoms with van der Waals surface area (Å²) in [5, 5.41) is 20.0. The van der Waals surface area contributed by atoms with Crippen LogP contribution in [-0.2, 0) is 0 Å². The van der Waals surface area contributed by atoms with Crippen LogP contribution >= 0.6 is 0 Å². The predicted octanol–water partition coefficient (Wildman–Crippen LogP) is 4.29. The normalized spacial score (nSPS) is 11.5. The smallest absolute Gasteiger partial charge is 0.269 e. The van der Waals surface area contributed by atoms with Gasteiger partial charge in [0.25, 0.3) is 5.69 Å². The third kappa shape index (κ3) is 4.30. The molecule has 118 valence electrons. The van der Waals surface area contributed by atoms with E-state index >= 15 is 0 Å². The fourth-order valence-corrected chi connectivity index (χ4v) is 2.28. The average molecular weight is 310 g/mol. The lowest BCUT2D eigenvalue weighted by Crippen LogP contribution is -2.05. The number of rotatable bonds is 6. The van der Waals surface area contributed by atoms with E-state index in [1.54, 1.807) is 12.1 Å². The number of benzene rings is 2. The van der Waals surface area contributed by atoms with Gasteiger partial charge in [0.05, 0.1) is 23.5 Å². The van der Waals surface area contributed by atoms with Crippen LogP contribution in [0.25, 0.3) is 0 Å². The zero-order chi connectivity index (χ0) is 16.8. The Bertz CT molecular complexity index is 733. The minimum Gasteiger partial charge on any atom is -0.493 e. The summed E-state index contributed by atoms with van der Waals surface area (Å²) < 4.78 is 5.77. The predicted molar refractivity (Wildman–Crippen MR) is 87.5 cm³/mol. The Kier molecular flexibility index (Phi) is 5.32. The Morgan fingerprint density at radius 2 is 1.91 bits per heavy atom. The van der Waals surface area contributed by atoms with E-state index in [0.717, 1.165) is 22.4 Å². The lowest BCUT2D eigenvalue weighted by atomic mass is 9.97. The third-order valence-corrected chi connectivity index (χ3v) is 3.67. The van der Waals surface area contributed by atoms with Crippen LogP contribution in [0.2, 0.25) is 0 Å². The maximum absolute atomic E-state index is 10.7. The second-order valence-electron chi connectivity index (χ2n) is 5.44. The fourth-order valence-electron chi connectivity index (χ4n) is 2.28. The second kappa shape index (κ2) is 7.41. The number of nitriles is 1. The molecule has 0 aliphatic rings. The molecule has 0 N–H and O–H groups in total. The third-order valence-electron chi connectivity index (χ3n) is 3.67. The van der Waals surface area contributed by atoms with Gasteiger partial charge in [-0.15, -0.1) is 0 Å². The second-order valence-corrected chi connectivity index (χ2v) is 5.44. The molecule has 0 fully saturated rings. The Balaban J connectivity index is 1.99. The summed E-state index contributed by atoms with van der Waals surface area (Å²) in [6.07, 6.45) is 0.529. The number of nitrogens with zero attached hydrogens (tertiary/aromatic N) is 2. The van der Waals surface area contributed by atoms with Crippen LogP contribution in [0.4, 0.5) is 5.69 Å². The van der Waals surface area contributed by atoms with Crippen molar-refractivity contribution < 1.29 is 9.66 Å². The van der Waals surface area contributed by atoms with Gasteiger partial charge in [-0.2, -0.15) is 5.26 Å². The highest BCUT2D eigenvalue weighted by Gasteiger charge is 2.13. The molecule has 1 unspecified atom stereocenters. The molecular formula is C18H18N2O3. The van der Waals surface area contributed by atoms with Crippen molar-refractivity contribution in [3.8, 4) is 11.8 Å². The van der Waals surface area contributed by atoms with Crippen molar-refractivity contribution in [1.82, 2.24) is 0 Å². The molecule has 2 rings (SSSR count). The van der Waals surface area contributed by atoms with Gasteiger partial charge in [0, 0.05) is 18.6 Å². The minimum atomic E-state index is -0.450. The highest BCUT2D eigenvalue weighted by molar-refractivity contribution is 5.37. The molecule has 0 heterocycles. The summed E-state index contributed by atoms with van der Waals surface area (Å²) >= 11 is 0. The molecular weight excluding hydrogens is 292 g/mol. The van der Waals surface area contributed by atoms with Crippen LogP contribution in [0, 0.1) is 35.3 Å². The fraction of sp³-hybridized carbons (Fsp3) is 0.278. The lowest BCUT2D eigenvalue weighted by Gasteiger charge is -2.13. The van der Waals surface area contributed by atoms with E-state index in [-0.39, 0.29) is 11.6 Å². The van der Waals surface area contributed by atoms with Gasteiger partial charge in [-0.05, 0) is 36.6 Å². The zero-order valence-corrected chi connectivity index (χ0v) is 13.2. The molecule has 0 bridgehead atoms. The molecule has 0 spiro atoms. The van der Waals surface area contributed by atoms with Crippen LogP contribution in [0.15, 0.2) is 42.5 Å². The first-order valence-corrected chi connectivity index (χ1v) is 7.35. The topological polar surface area (TPSA) is 76.2 Å². The molecule has 0 amide bonds. The molecule has 2 aromatic carbocycles. The quantitative estimate of drug-likeness (QED) is 0.589. The van der Waals surface area contributed by atoms with E-state index in [1.165, 1.54) is 12.1 Å². The number of hydrogen-bond donors (Lipinski definition) is 0. The summed E-state index contributed by atoms with van der Waals surface area (Å²) in [6, 6.07) is 14.3. The number of non-ortho nitro benzene ring substituents is 1. The molecule has 0 radical (unpaired) electrons. The van der Waals surface area contributed by atoms with Crippen molar-refractivity contribution in [3.63, 3.8) is 0 Å². The average Bonchev–Trinajstić information content (AvgIpc) is 2.55. The van der Waals surface area contributed by atoms with Gasteiger partial charge < -0.3 is 4.74 Å². The lowest BCUT2D eigenvalue weighted by molar-refractivity contribution is -0.384. The summed E-state index contributed by atoms with van der Waals surface area (Å²) in [5.41, 5.74) is 2.97. The number of aryl methyl sites for hydroxylation is 2. The van der Waals surface area contributed by atoms with Crippen molar-refractivity contribution in [2.45, 2.75) is 26.2 Å². The highest BCUT2D eigenvalue weighted by Crippen LogP contribution is 2.24. The van der Waals surface area contributed by atoms with Crippen LogP contribution in [0.3, 0.4) is 0 Å². The Labute approximate surface area is 135 Å². The van der Waals surface area contributed by atoms with Gasteiger partial charge in [-0.3, -0.25) is 10.1 Å². The molecule has 23 heavy (non-hydrogen) atoms. The van der Waals surface area contributed by atoms with E-state index in [9.17, 15) is 15.4 Å². The van der Waals surface area contributed by atoms with Gasteiger partial charge >= 0.3 is 0 Å². The van der Waals surface area contributed by atoms with Crippen LogP contribution in [-0.4, -0.2) is 11.5 Å². The monoisotopic (exact) mass is 310 g/mol. The van der Waals surface area contributed by atoms with Crippen molar-refractivity contribution >= 4 is 5.69 Å². The van der Waals surface area contributed by atoms with Gasteiger partial charge in [0.2, 0.25) is 0 Å². The first kappa shape index (κ1) is 16.5. The van der Waals surface area contributed by atoms with Crippen molar-refractivity contribution in [3.05, 3.63) is 69.3 Å². The maximum Gasteiger partial charge on any atom is 0.269 e. The first-order chi connectivity index (χ1) is 11.0. The van der Waals surface area contributed by atoms with Crippen LogP contribution < -0.4 is 4.74 Å². The van der Waals surface area contributed by atoms with E-state index in [2.05, 4.69) is 6.07 Å². The van der Waals surface area contributed by atoms with Crippen molar-refractivity contribution in [2.75, 3.05) is 6.61 Å². The number of nitro benzene ring substituents is 1. The summed E-state index contributed by atoms with van der Waals surface area (Å²) in [5.74, 6) is 0.478. The Hall–Kier alpha value is -2.87. The largest absolute Gasteiger partial charge is 0.493 e. The van der Waals surface area contributed by atoms with Crippen LogP contribution in [0.5, 0.6) is 5.75 Å². The van der Waals surface area contributed by atoms with E-state index in [4.69, 9.17) is 4.74 Å². The molecule has 0 saturated heterocycles. The Morgan fingerprint density at radius 1 is 1.22 bits per heavy atom. The maximum atomic E-state index is 10.7. The molecule has 0 aliphatic carbocycles. The van der Waals surface area contributed by atoms with Gasteiger partial charge in [-0.1, -0.05) is 24.3 Å². The Morgan fingerprint density at radius 3 is 2.52 bits per heavy atom. The summed E-state index contributed by atoms with van der Waals surface area (Å²) in [7, 11) is 0.